The molecule has 3 aromatic rings. The van der Waals surface area contributed by atoms with Crippen molar-refractivity contribution >= 4 is 35.0 Å². The van der Waals surface area contributed by atoms with Crippen LogP contribution in [0.3, 0.4) is 0 Å². The first-order valence-electron chi connectivity index (χ1n) is 6.59. The Morgan fingerprint density at radius 1 is 1.26 bits per heavy atom. The van der Waals surface area contributed by atoms with Crippen molar-refractivity contribution in [3.05, 3.63) is 23.3 Å². The maximum atomic E-state index is 6.06. The fourth-order valence-electron chi connectivity index (χ4n) is 1.77. The molecule has 0 atom stereocenters. The van der Waals surface area contributed by atoms with Gasteiger partial charge in [0, 0.05) is 14.1 Å². The van der Waals surface area contributed by atoms with Gasteiger partial charge < -0.3 is 16.5 Å². The molecule has 4 N–H and O–H groups in total. The van der Waals surface area contributed by atoms with Crippen molar-refractivity contribution in [3.63, 3.8) is 0 Å². The van der Waals surface area contributed by atoms with E-state index in [0.29, 0.717) is 28.5 Å². The second-order valence-electron chi connectivity index (χ2n) is 4.75. The van der Waals surface area contributed by atoms with Gasteiger partial charge in [-0.3, -0.25) is 0 Å². The summed E-state index contributed by atoms with van der Waals surface area (Å²) in [6.07, 6.45) is 0. The molecular weight excluding hydrogens is 334 g/mol. The van der Waals surface area contributed by atoms with Gasteiger partial charge in [0.15, 0.2) is 5.82 Å². The zero-order valence-corrected chi connectivity index (χ0v) is 14.2. The lowest BCUT2D eigenvalue weighted by Crippen LogP contribution is -2.16. The quantitative estimate of drug-likeness (QED) is 0.509. The number of hydrogen-bond donors (Lipinski definition) is 2. The number of thioether (sulfide) groups is 1. The van der Waals surface area contributed by atoms with Crippen LogP contribution in [0.25, 0.3) is 10.7 Å². The molecule has 9 nitrogen and oxygen atoms in total. The molecule has 0 aromatic carbocycles. The maximum Gasteiger partial charge on any atom is 0.229 e. The van der Waals surface area contributed by atoms with Crippen molar-refractivity contribution in [2.45, 2.75) is 10.9 Å². The highest BCUT2D eigenvalue weighted by atomic mass is 32.2. The van der Waals surface area contributed by atoms with E-state index in [1.807, 2.05) is 31.6 Å². The highest BCUT2D eigenvalue weighted by molar-refractivity contribution is 7.98. The monoisotopic (exact) mass is 349 g/mol. The van der Waals surface area contributed by atoms with Gasteiger partial charge >= 0.3 is 0 Å². The van der Waals surface area contributed by atoms with Crippen molar-refractivity contribution in [1.29, 1.82) is 0 Å². The van der Waals surface area contributed by atoms with Gasteiger partial charge in [-0.05, 0) is 11.4 Å². The van der Waals surface area contributed by atoms with Crippen molar-refractivity contribution in [2.24, 2.45) is 0 Å². The van der Waals surface area contributed by atoms with Crippen LogP contribution in [0.15, 0.2) is 22.7 Å². The van der Waals surface area contributed by atoms with Gasteiger partial charge in [0.2, 0.25) is 17.1 Å². The van der Waals surface area contributed by atoms with Gasteiger partial charge in [0.25, 0.3) is 0 Å². The maximum absolute atomic E-state index is 6.06. The molecule has 11 heteroatoms. The molecule has 0 aliphatic heterocycles. The fraction of sp³-hybridized carbons (Fsp3) is 0.250. The molecule has 3 heterocycles. The summed E-state index contributed by atoms with van der Waals surface area (Å²) in [6, 6.07) is 3.89. The lowest BCUT2D eigenvalue weighted by molar-refractivity contribution is 0.847. The number of nitrogens with two attached hydrogens (primary N) is 2. The van der Waals surface area contributed by atoms with Crippen LogP contribution in [0.4, 0.5) is 11.9 Å². The smallest absolute Gasteiger partial charge is 0.229 e. The Morgan fingerprint density at radius 2 is 2.09 bits per heavy atom. The molecule has 0 unspecified atom stereocenters. The van der Waals surface area contributed by atoms with E-state index in [0.717, 1.165) is 4.88 Å². The highest BCUT2D eigenvalue weighted by Gasteiger charge is 2.14. The topological polar surface area (TPSA) is 125 Å². The lowest BCUT2D eigenvalue weighted by Gasteiger charge is -2.11. The third kappa shape index (κ3) is 3.35. The second-order valence-corrected chi connectivity index (χ2v) is 6.64. The first-order chi connectivity index (χ1) is 11.0. The van der Waals surface area contributed by atoms with Gasteiger partial charge in [0.05, 0.1) is 10.6 Å². The van der Waals surface area contributed by atoms with E-state index in [1.54, 1.807) is 16.2 Å². The van der Waals surface area contributed by atoms with Crippen LogP contribution in [-0.4, -0.2) is 43.9 Å². The van der Waals surface area contributed by atoms with Crippen LogP contribution in [0.2, 0.25) is 0 Å². The van der Waals surface area contributed by atoms with E-state index in [4.69, 9.17) is 11.6 Å². The minimum atomic E-state index is 0.188. The van der Waals surface area contributed by atoms with Crippen LogP contribution in [-0.2, 0) is 5.75 Å². The van der Waals surface area contributed by atoms with Gasteiger partial charge in [0.1, 0.15) is 5.82 Å². The standard InChI is InChI=1S/C12H15N9S2/c1-20(2)11-16-8(15-10(13)17-11)6-23-12-19-18-9(21(12)14)7-4-3-5-22-7/h3-5H,6,14H2,1-2H3,(H2,13,15,16,17). The van der Waals surface area contributed by atoms with E-state index in [-0.39, 0.29) is 5.95 Å². The molecule has 0 amide bonds. The van der Waals surface area contributed by atoms with Crippen LogP contribution in [0, 0.1) is 0 Å². The predicted molar refractivity (Wildman–Crippen MR) is 91.6 cm³/mol. The van der Waals surface area contributed by atoms with Crippen LogP contribution >= 0.6 is 23.1 Å². The van der Waals surface area contributed by atoms with Gasteiger partial charge in [-0.15, -0.1) is 21.5 Å². The summed E-state index contributed by atoms with van der Waals surface area (Å²) in [5.74, 6) is 8.42. The van der Waals surface area contributed by atoms with Crippen molar-refractivity contribution in [2.75, 3.05) is 30.6 Å². The molecule has 0 radical (unpaired) electrons. The van der Waals surface area contributed by atoms with E-state index in [9.17, 15) is 0 Å². The Bertz CT molecular complexity index is 797. The molecule has 120 valence electrons. The number of nitrogens with zero attached hydrogens (tertiary/aromatic N) is 7. The number of aromatic nitrogens is 6. The molecule has 3 rings (SSSR count). The molecule has 0 fully saturated rings. The minimum absolute atomic E-state index is 0.188. The molecule has 0 spiro atoms. The summed E-state index contributed by atoms with van der Waals surface area (Å²) in [6.45, 7) is 0. The zero-order valence-electron chi connectivity index (χ0n) is 12.5. The van der Waals surface area contributed by atoms with Crippen molar-refractivity contribution in [1.82, 2.24) is 29.8 Å². The van der Waals surface area contributed by atoms with Gasteiger partial charge in [-0.2, -0.15) is 15.0 Å². The Morgan fingerprint density at radius 3 is 2.78 bits per heavy atom. The molecule has 0 bridgehead atoms. The van der Waals surface area contributed by atoms with E-state index >= 15 is 0 Å². The minimum Gasteiger partial charge on any atom is -0.368 e. The van der Waals surface area contributed by atoms with Crippen LogP contribution in [0.5, 0.6) is 0 Å². The second kappa shape index (κ2) is 6.38. The fourth-order valence-corrected chi connectivity index (χ4v) is 3.18. The third-order valence-electron chi connectivity index (χ3n) is 2.82. The van der Waals surface area contributed by atoms with Crippen molar-refractivity contribution < 1.29 is 0 Å². The molecule has 23 heavy (non-hydrogen) atoms. The van der Waals surface area contributed by atoms with Gasteiger partial charge in [-0.1, -0.05) is 17.8 Å². The van der Waals surface area contributed by atoms with E-state index in [1.165, 1.54) is 16.4 Å². The SMILES string of the molecule is CN(C)c1nc(N)nc(CSc2nnc(-c3cccs3)n2N)n1. The van der Waals surface area contributed by atoms with E-state index in [2.05, 4.69) is 25.1 Å². The summed E-state index contributed by atoms with van der Waals surface area (Å²) in [7, 11) is 3.69. The Labute approximate surface area is 140 Å². The molecule has 0 aliphatic carbocycles. The van der Waals surface area contributed by atoms with Gasteiger partial charge in [-0.25, -0.2) is 4.68 Å². The lowest BCUT2D eigenvalue weighted by atomic mass is 10.4. The normalized spacial score (nSPS) is 10.9. The summed E-state index contributed by atoms with van der Waals surface area (Å²) in [4.78, 5) is 15.3. The molecular formula is C12H15N9S2. The highest BCUT2D eigenvalue weighted by Crippen LogP contribution is 2.26. The molecule has 0 aliphatic rings. The zero-order chi connectivity index (χ0) is 16.4. The summed E-state index contributed by atoms with van der Waals surface area (Å²) in [5, 5.41) is 10.8. The first-order valence-corrected chi connectivity index (χ1v) is 8.46. The number of thiophene rings is 1. The number of rotatable bonds is 5. The summed E-state index contributed by atoms with van der Waals surface area (Å²) in [5.41, 5.74) is 5.71. The number of nitrogen functional groups attached to an aromatic ring is 2. The molecule has 3 aromatic heterocycles. The first kappa shape index (κ1) is 15.5. The third-order valence-corrected chi connectivity index (χ3v) is 4.63. The Kier molecular flexibility index (Phi) is 4.30. The summed E-state index contributed by atoms with van der Waals surface area (Å²) < 4.78 is 1.47. The van der Waals surface area contributed by atoms with E-state index < -0.39 is 0 Å². The molecule has 0 saturated heterocycles. The summed E-state index contributed by atoms with van der Waals surface area (Å²) >= 11 is 2.95. The number of anilines is 2. The largest absolute Gasteiger partial charge is 0.368 e. The predicted octanol–water partition coefficient (Wildman–Crippen LogP) is 0.846. The average molecular weight is 349 g/mol. The Hall–Kier alpha value is -2.40. The van der Waals surface area contributed by atoms with Crippen LogP contribution < -0.4 is 16.5 Å². The molecule has 0 saturated carbocycles. The number of hydrogen-bond acceptors (Lipinski definition) is 10. The van der Waals surface area contributed by atoms with Crippen molar-refractivity contribution in [3.8, 4) is 10.7 Å². The Balaban J connectivity index is 1.77. The van der Waals surface area contributed by atoms with Crippen LogP contribution in [0.1, 0.15) is 5.82 Å². The average Bonchev–Trinajstić information content (AvgIpc) is 3.14.